The molecule has 5 heteroatoms. The third-order valence-corrected chi connectivity index (χ3v) is 2.10. The zero-order chi connectivity index (χ0) is 12.2. The van der Waals surface area contributed by atoms with Gasteiger partial charge >= 0.3 is 6.18 Å². The van der Waals surface area contributed by atoms with Gasteiger partial charge < -0.3 is 9.58 Å². The highest BCUT2D eigenvalue weighted by atomic mass is 19.4. The maximum absolute atomic E-state index is 12.4. The third-order valence-electron chi connectivity index (χ3n) is 2.10. The van der Waals surface area contributed by atoms with Crippen LogP contribution >= 0.6 is 0 Å². The molecule has 16 heavy (non-hydrogen) atoms. The first kappa shape index (κ1) is 12.4. The van der Waals surface area contributed by atoms with Crippen LogP contribution < -0.4 is 4.74 Å². The lowest BCUT2D eigenvalue weighted by atomic mass is 10.1. The minimum atomic E-state index is -4.36. The lowest BCUT2D eigenvalue weighted by Crippen LogP contribution is -2.06. The highest BCUT2D eigenvalue weighted by Gasteiger charge is 2.31. The summed E-state index contributed by atoms with van der Waals surface area (Å²) in [4.78, 5) is 3.11. The molecule has 1 rings (SSSR count). The van der Waals surface area contributed by atoms with E-state index in [0.29, 0.717) is 11.3 Å². The molecule has 2 nitrogen and oxygen atoms in total. The van der Waals surface area contributed by atoms with E-state index < -0.39 is 11.7 Å². The summed E-state index contributed by atoms with van der Waals surface area (Å²) in [5, 5.41) is 0. The van der Waals surface area contributed by atoms with Gasteiger partial charge in [0.25, 0.3) is 0 Å². The van der Waals surface area contributed by atoms with E-state index in [2.05, 4.69) is 4.85 Å². The Bertz CT molecular complexity index is 407. The molecule has 0 saturated heterocycles. The molecule has 0 saturated carbocycles. The molecule has 0 aliphatic carbocycles. The Morgan fingerprint density at radius 1 is 1.38 bits per heavy atom. The molecular weight excluding hydrogens is 219 g/mol. The molecule has 0 aliphatic rings. The molecule has 0 amide bonds. The molecule has 0 aromatic heterocycles. The van der Waals surface area contributed by atoms with Gasteiger partial charge in [0.05, 0.1) is 12.7 Å². The van der Waals surface area contributed by atoms with Crippen molar-refractivity contribution in [3.05, 3.63) is 40.7 Å². The molecule has 0 heterocycles. The Labute approximate surface area is 91.5 Å². The van der Waals surface area contributed by atoms with Crippen molar-refractivity contribution in [1.82, 2.24) is 0 Å². The van der Waals surface area contributed by atoms with Crippen molar-refractivity contribution in [3.8, 4) is 5.75 Å². The summed E-state index contributed by atoms with van der Waals surface area (Å²) in [6.45, 7) is 6.77. The number of methoxy groups -OCH3 is 1. The van der Waals surface area contributed by atoms with Gasteiger partial charge in [0.2, 0.25) is 6.54 Å². The van der Waals surface area contributed by atoms with Gasteiger partial charge in [0.1, 0.15) is 5.75 Å². The van der Waals surface area contributed by atoms with Gasteiger partial charge in [-0.15, -0.1) is 0 Å². The molecule has 0 radical (unpaired) electrons. The van der Waals surface area contributed by atoms with Gasteiger partial charge in [-0.1, -0.05) is 0 Å². The predicted molar refractivity (Wildman–Crippen MR) is 53.2 cm³/mol. The maximum Gasteiger partial charge on any atom is 0.416 e. The largest absolute Gasteiger partial charge is 0.496 e. The van der Waals surface area contributed by atoms with Gasteiger partial charge in [-0.3, -0.25) is 0 Å². The number of benzene rings is 1. The minimum absolute atomic E-state index is 0.150. The lowest BCUT2D eigenvalue weighted by molar-refractivity contribution is -0.137. The molecule has 1 aromatic carbocycles. The second-order valence-electron chi connectivity index (χ2n) is 3.16. The van der Waals surface area contributed by atoms with Crippen LogP contribution in [0.1, 0.15) is 11.1 Å². The van der Waals surface area contributed by atoms with Crippen LogP contribution in [0.15, 0.2) is 18.2 Å². The second kappa shape index (κ2) is 4.88. The zero-order valence-electron chi connectivity index (χ0n) is 8.64. The maximum atomic E-state index is 12.4. The number of alkyl halides is 3. The fourth-order valence-electron chi connectivity index (χ4n) is 1.33. The monoisotopic (exact) mass is 229 g/mol. The average Bonchev–Trinajstić information content (AvgIpc) is 2.24. The Morgan fingerprint density at radius 3 is 2.56 bits per heavy atom. The second-order valence-corrected chi connectivity index (χ2v) is 3.16. The summed E-state index contributed by atoms with van der Waals surface area (Å²) >= 11 is 0. The van der Waals surface area contributed by atoms with E-state index in [1.807, 2.05) is 0 Å². The van der Waals surface area contributed by atoms with Crippen LogP contribution in [0.2, 0.25) is 0 Å². The zero-order valence-corrected chi connectivity index (χ0v) is 8.64. The van der Waals surface area contributed by atoms with Crippen molar-refractivity contribution in [3.63, 3.8) is 0 Å². The predicted octanol–water partition coefficient (Wildman–Crippen LogP) is 3.18. The highest BCUT2D eigenvalue weighted by molar-refractivity contribution is 5.38. The lowest BCUT2D eigenvalue weighted by Gasteiger charge is -2.11. The quantitative estimate of drug-likeness (QED) is 0.726. The topological polar surface area (TPSA) is 13.6 Å². The van der Waals surface area contributed by atoms with Crippen molar-refractivity contribution in [2.24, 2.45) is 0 Å². The van der Waals surface area contributed by atoms with Crippen LogP contribution in [0.4, 0.5) is 13.2 Å². The van der Waals surface area contributed by atoms with Gasteiger partial charge in [0, 0.05) is 12.0 Å². The molecule has 0 N–H and O–H groups in total. The van der Waals surface area contributed by atoms with E-state index in [1.165, 1.54) is 13.2 Å². The van der Waals surface area contributed by atoms with Gasteiger partial charge in [-0.05, 0) is 18.2 Å². The van der Waals surface area contributed by atoms with E-state index in [4.69, 9.17) is 11.3 Å². The number of halogens is 3. The number of hydrogen-bond donors (Lipinski definition) is 0. The van der Waals surface area contributed by atoms with Crippen molar-refractivity contribution in [2.75, 3.05) is 13.7 Å². The molecule has 86 valence electrons. The normalized spacial score (nSPS) is 10.9. The summed E-state index contributed by atoms with van der Waals surface area (Å²) in [7, 11) is 1.39. The smallest absolute Gasteiger partial charge is 0.416 e. The first-order valence-electron chi connectivity index (χ1n) is 4.56. The molecule has 0 bridgehead atoms. The van der Waals surface area contributed by atoms with E-state index in [9.17, 15) is 13.2 Å². The van der Waals surface area contributed by atoms with Crippen molar-refractivity contribution >= 4 is 0 Å². The molecular formula is C11H10F3NO. The Hall–Kier alpha value is -1.70. The molecule has 0 spiro atoms. The van der Waals surface area contributed by atoms with Crippen molar-refractivity contribution in [2.45, 2.75) is 12.6 Å². The van der Waals surface area contributed by atoms with Gasteiger partial charge in [-0.2, -0.15) is 13.2 Å². The third kappa shape index (κ3) is 2.89. The van der Waals surface area contributed by atoms with Gasteiger partial charge in [-0.25, -0.2) is 6.57 Å². The van der Waals surface area contributed by atoms with Gasteiger partial charge in [0.15, 0.2) is 0 Å². The SMILES string of the molecule is [C-]#[N+]CCc1cc(C(F)(F)F)ccc1OC. The Balaban J connectivity index is 3.07. The first-order valence-corrected chi connectivity index (χ1v) is 4.56. The van der Waals surface area contributed by atoms with E-state index in [-0.39, 0.29) is 13.0 Å². The number of hydrogen-bond acceptors (Lipinski definition) is 1. The fraction of sp³-hybridized carbons (Fsp3) is 0.364. The van der Waals surface area contributed by atoms with E-state index >= 15 is 0 Å². The van der Waals surface area contributed by atoms with Crippen LogP contribution in [0.3, 0.4) is 0 Å². The van der Waals surface area contributed by atoms with E-state index in [1.54, 1.807) is 0 Å². The summed E-state index contributed by atoms with van der Waals surface area (Å²) in [5.41, 5.74) is -0.304. The summed E-state index contributed by atoms with van der Waals surface area (Å²) < 4.78 is 42.2. The van der Waals surface area contributed by atoms with Crippen LogP contribution in [0.25, 0.3) is 4.85 Å². The van der Waals surface area contributed by atoms with Crippen LogP contribution in [0, 0.1) is 6.57 Å². The summed E-state index contributed by atoms with van der Waals surface area (Å²) in [6, 6.07) is 3.28. The number of ether oxygens (including phenoxy) is 1. The Kier molecular flexibility index (Phi) is 3.78. The summed E-state index contributed by atoms with van der Waals surface area (Å²) in [5.74, 6) is 0.386. The molecule has 1 aromatic rings. The Morgan fingerprint density at radius 2 is 2.06 bits per heavy atom. The molecule has 0 fully saturated rings. The van der Waals surface area contributed by atoms with Crippen molar-refractivity contribution in [1.29, 1.82) is 0 Å². The van der Waals surface area contributed by atoms with Crippen LogP contribution in [0.5, 0.6) is 5.75 Å². The number of nitrogens with zero attached hydrogens (tertiary/aromatic N) is 1. The summed E-state index contributed by atoms with van der Waals surface area (Å²) in [6.07, 6.45) is -4.10. The van der Waals surface area contributed by atoms with Crippen LogP contribution in [-0.4, -0.2) is 13.7 Å². The molecule has 0 atom stereocenters. The van der Waals surface area contributed by atoms with Crippen molar-refractivity contribution < 1.29 is 17.9 Å². The van der Waals surface area contributed by atoms with E-state index in [0.717, 1.165) is 12.1 Å². The standard InChI is InChI=1S/C11H10F3NO/c1-15-6-5-8-7-9(11(12,13)14)3-4-10(8)16-2/h3-4,7H,5-6H2,2H3. The molecule has 0 aliphatic heterocycles. The first-order chi connectivity index (χ1) is 7.49. The average molecular weight is 229 g/mol. The van der Waals surface area contributed by atoms with Crippen LogP contribution in [-0.2, 0) is 12.6 Å². The number of rotatable bonds is 3. The highest BCUT2D eigenvalue weighted by Crippen LogP contribution is 2.32. The minimum Gasteiger partial charge on any atom is -0.496 e. The molecule has 0 unspecified atom stereocenters. The fourth-order valence-corrected chi connectivity index (χ4v) is 1.33.